The number of anilines is 2. The number of ether oxygens (including phenoxy) is 1. The number of likely N-dealkylation sites (tertiary alicyclic amines) is 1. The average molecular weight is 459 g/mol. The summed E-state index contributed by atoms with van der Waals surface area (Å²) in [5.74, 6) is 0.259. The molecule has 1 N–H and O–H groups in total. The van der Waals surface area contributed by atoms with Crippen LogP contribution >= 0.6 is 0 Å². The molecule has 1 fully saturated rings. The van der Waals surface area contributed by atoms with Gasteiger partial charge in [0.15, 0.2) is 0 Å². The maximum absolute atomic E-state index is 13.0. The van der Waals surface area contributed by atoms with Crippen molar-refractivity contribution in [2.24, 2.45) is 11.3 Å². The van der Waals surface area contributed by atoms with Gasteiger partial charge in [-0.1, -0.05) is 32.9 Å². The molecular formula is C25H38N4O4. The minimum absolute atomic E-state index is 0.0724. The van der Waals surface area contributed by atoms with Crippen molar-refractivity contribution in [3.63, 3.8) is 0 Å². The number of benzene rings is 1. The standard InChI is InChI=1S/C25H38N4O4/c1-24(2,3)15-21(30)28-13-14-29(20-10-8-7-9-19(20)28)22(31)26-16-18-11-12-27(17-18)23(32)33-25(4,5)6/h7-10,18H,11-17H2,1-6H3,(H,26,31)/t18-/m1/s1. The van der Waals surface area contributed by atoms with Crippen LogP contribution in [0.5, 0.6) is 0 Å². The molecule has 8 nitrogen and oxygen atoms in total. The van der Waals surface area contributed by atoms with Crippen LogP contribution in [0.15, 0.2) is 24.3 Å². The van der Waals surface area contributed by atoms with Crippen molar-refractivity contribution in [1.29, 1.82) is 0 Å². The highest BCUT2D eigenvalue weighted by molar-refractivity contribution is 6.03. The summed E-state index contributed by atoms with van der Waals surface area (Å²) >= 11 is 0. The van der Waals surface area contributed by atoms with Crippen LogP contribution in [0.4, 0.5) is 21.0 Å². The molecule has 2 aliphatic rings. The molecular weight excluding hydrogens is 420 g/mol. The van der Waals surface area contributed by atoms with Gasteiger partial charge >= 0.3 is 12.1 Å². The lowest BCUT2D eigenvalue weighted by molar-refractivity contribution is -0.120. The van der Waals surface area contributed by atoms with Gasteiger partial charge in [0.2, 0.25) is 5.91 Å². The van der Waals surface area contributed by atoms with Crippen LogP contribution in [-0.2, 0) is 9.53 Å². The number of amides is 4. The van der Waals surface area contributed by atoms with Crippen LogP contribution in [0.1, 0.15) is 54.4 Å². The number of para-hydroxylation sites is 2. The third kappa shape index (κ3) is 6.62. The van der Waals surface area contributed by atoms with Gasteiger partial charge in [-0.2, -0.15) is 0 Å². The Morgan fingerprint density at radius 2 is 1.58 bits per heavy atom. The van der Waals surface area contributed by atoms with Gasteiger partial charge in [-0.3, -0.25) is 9.69 Å². The molecule has 0 spiro atoms. The van der Waals surface area contributed by atoms with E-state index in [-0.39, 0.29) is 29.4 Å². The van der Waals surface area contributed by atoms with Gasteiger partial charge < -0.3 is 19.9 Å². The first-order valence-corrected chi connectivity index (χ1v) is 11.8. The van der Waals surface area contributed by atoms with Crippen LogP contribution in [-0.4, -0.2) is 61.3 Å². The molecule has 2 heterocycles. The Kier molecular flexibility index (Phi) is 7.24. The molecule has 0 aromatic heterocycles. The summed E-state index contributed by atoms with van der Waals surface area (Å²) in [4.78, 5) is 43.4. The summed E-state index contributed by atoms with van der Waals surface area (Å²) in [6.45, 7) is 14.3. The van der Waals surface area contributed by atoms with Crippen LogP contribution in [0, 0.1) is 11.3 Å². The van der Waals surface area contributed by atoms with E-state index in [0.29, 0.717) is 39.1 Å². The zero-order valence-electron chi connectivity index (χ0n) is 20.8. The summed E-state index contributed by atoms with van der Waals surface area (Å²) in [6.07, 6.45) is 0.968. The Balaban J connectivity index is 1.59. The highest BCUT2D eigenvalue weighted by atomic mass is 16.6. The van der Waals surface area contributed by atoms with Gasteiger partial charge in [-0.15, -0.1) is 0 Å². The van der Waals surface area contributed by atoms with Crippen molar-refractivity contribution in [3.8, 4) is 0 Å². The predicted octanol–water partition coefficient (Wildman–Crippen LogP) is 4.24. The Morgan fingerprint density at radius 1 is 0.970 bits per heavy atom. The number of hydrogen-bond acceptors (Lipinski definition) is 4. The molecule has 2 aliphatic heterocycles. The molecule has 4 amide bonds. The molecule has 1 saturated heterocycles. The first-order valence-electron chi connectivity index (χ1n) is 11.8. The Morgan fingerprint density at radius 3 is 2.18 bits per heavy atom. The summed E-state index contributed by atoms with van der Waals surface area (Å²) in [5, 5.41) is 3.03. The van der Waals surface area contributed by atoms with Gasteiger partial charge in [-0.05, 0) is 50.7 Å². The largest absolute Gasteiger partial charge is 0.444 e. The third-order valence-corrected chi connectivity index (χ3v) is 5.72. The minimum Gasteiger partial charge on any atom is -0.444 e. The van der Waals surface area contributed by atoms with E-state index in [1.165, 1.54) is 0 Å². The van der Waals surface area contributed by atoms with Crippen molar-refractivity contribution in [3.05, 3.63) is 24.3 Å². The number of urea groups is 1. The molecule has 0 aliphatic carbocycles. The highest BCUT2D eigenvalue weighted by Crippen LogP contribution is 2.34. The third-order valence-electron chi connectivity index (χ3n) is 5.72. The molecule has 0 saturated carbocycles. The molecule has 3 rings (SSSR count). The Hall–Kier alpha value is -2.77. The lowest BCUT2D eigenvalue weighted by atomic mass is 9.91. The summed E-state index contributed by atoms with van der Waals surface area (Å²) < 4.78 is 5.45. The van der Waals surface area contributed by atoms with Crippen molar-refractivity contribution < 1.29 is 19.1 Å². The molecule has 182 valence electrons. The fourth-order valence-corrected chi connectivity index (χ4v) is 4.20. The van der Waals surface area contributed by atoms with Gasteiger partial charge in [0.05, 0.1) is 11.4 Å². The molecule has 0 bridgehead atoms. The molecule has 0 radical (unpaired) electrons. The number of fused-ring (bicyclic) bond motifs is 1. The van der Waals surface area contributed by atoms with Crippen LogP contribution in [0.2, 0.25) is 0 Å². The fourth-order valence-electron chi connectivity index (χ4n) is 4.20. The van der Waals surface area contributed by atoms with E-state index in [0.717, 1.165) is 17.8 Å². The second-order valence-electron chi connectivity index (χ2n) is 11.2. The van der Waals surface area contributed by atoms with Gasteiger partial charge in [-0.25, -0.2) is 9.59 Å². The Bertz CT molecular complexity index is 887. The number of carbonyl (C=O) groups is 3. The number of hydrogen-bond donors (Lipinski definition) is 1. The number of nitrogens with zero attached hydrogens (tertiary/aromatic N) is 3. The van der Waals surface area contributed by atoms with Crippen molar-refractivity contribution >= 4 is 29.4 Å². The summed E-state index contributed by atoms with van der Waals surface area (Å²) in [7, 11) is 0. The van der Waals surface area contributed by atoms with Crippen LogP contribution in [0.3, 0.4) is 0 Å². The maximum atomic E-state index is 13.0. The molecule has 1 aromatic carbocycles. The molecule has 1 atom stereocenters. The van der Waals surface area contributed by atoms with Crippen LogP contribution in [0.25, 0.3) is 0 Å². The number of nitrogens with one attached hydrogen (secondary N) is 1. The second-order valence-corrected chi connectivity index (χ2v) is 11.2. The molecule has 33 heavy (non-hydrogen) atoms. The topological polar surface area (TPSA) is 82.2 Å². The van der Waals surface area contributed by atoms with E-state index in [4.69, 9.17) is 4.74 Å². The normalized spacial score (nSPS) is 18.7. The predicted molar refractivity (Wildman–Crippen MR) is 130 cm³/mol. The number of carbonyl (C=O) groups excluding carboxylic acids is 3. The molecule has 0 unspecified atom stereocenters. The number of rotatable bonds is 3. The van der Waals surface area contributed by atoms with Crippen LogP contribution < -0.4 is 15.1 Å². The smallest absolute Gasteiger partial charge is 0.410 e. The van der Waals surface area contributed by atoms with E-state index in [2.05, 4.69) is 5.32 Å². The maximum Gasteiger partial charge on any atom is 0.410 e. The quantitative estimate of drug-likeness (QED) is 0.734. The Labute approximate surface area is 197 Å². The minimum atomic E-state index is -0.521. The monoisotopic (exact) mass is 458 g/mol. The first-order chi connectivity index (χ1) is 15.3. The second kappa shape index (κ2) is 9.61. The summed E-state index contributed by atoms with van der Waals surface area (Å²) in [5.41, 5.74) is 0.887. The highest BCUT2D eigenvalue weighted by Gasteiger charge is 2.33. The molecule has 1 aromatic rings. The lowest BCUT2D eigenvalue weighted by Crippen LogP contribution is -2.50. The zero-order valence-corrected chi connectivity index (χ0v) is 20.8. The van der Waals surface area contributed by atoms with Gasteiger partial charge in [0.1, 0.15) is 5.60 Å². The lowest BCUT2D eigenvalue weighted by Gasteiger charge is -2.37. The van der Waals surface area contributed by atoms with Gasteiger partial charge in [0.25, 0.3) is 0 Å². The zero-order chi connectivity index (χ0) is 24.4. The van der Waals surface area contributed by atoms with E-state index in [9.17, 15) is 14.4 Å². The van der Waals surface area contributed by atoms with Crippen molar-refractivity contribution in [2.75, 3.05) is 42.5 Å². The van der Waals surface area contributed by atoms with Gasteiger partial charge in [0, 0.05) is 39.1 Å². The van der Waals surface area contributed by atoms with E-state index in [1.54, 1.807) is 14.7 Å². The van der Waals surface area contributed by atoms with Crippen molar-refractivity contribution in [2.45, 2.75) is 60.0 Å². The SMILES string of the molecule is CC(C)(C)CC(=O)N1CCN(C(=O)NC[C@H]2CCN(C(=O)OC(C)(C)C)C2)c2ccccc21. The summed E-state index contributed by atoms with van der Waals surface area (Å²) in [6, 6.07) is 7.37. The fraction of sp³-hybridized carbons (Fsp3) is 0.640. The first kappa shape index (κ1) is 24.9. The molecule has 8 heteroatoms. The van der Waals surface area contributed by atoms with E-state index < -0.39 is 5.60 Å². The van der Waals surface area contributed by atoms with E-state index >= 15 is 0 Å². The van der Waals surface area contributed by atoms with Crippen molar-refractivity contribution in [1.82, 2.24) is 10.2 Å². The van der Waals surface area contributed by atoms with E-state index in [1.807, 2.05) is 65.8 Å². The average Bonchev–Trinajstić information content (AvgIpc) is 3.18.